The summed E-state index contributed by atoms with van der Waals surface area (Å²) >= 11 is 0. The van der Waals surface area contributed by atoms with Crippen molar-refractivity contribution in [2.24, 2.45) is 23.7 Å². The third-order valence-corrected chi connectivity index (χ3v) is 6.01. The third kappa shape index (κ3) is 2.09. The van der Waals surface area contributed by atoms with E-state index in [0.717, 1.165) is 36.3 Å². The lowest BCUT2D eigenvalue weighted by molar-refractivity contribution is 0.208. The van der Waals surface area contributed by atoms with Gasteiger partial charge in [0.15, 0.2) is 0 Å². The summed E-state index contributed by atoms with van der Waals surface area (Å²) < 4.78 is 1.82. The Labute approximate surface area is 120 Å². The Balaban J connectivity index is 1.34. The molecule has 110 valence electrons. The standard InChI is InChI=1S/C16H25N3O/c20-5-4-19-10-11(9-18-19)8-17-16-7-12-6-15(16)14-3-1-2-13(12)14/h9-10,12-17,20H,1-8H2. The predicted octanol–water partition coefficient (Wildman–Crippen LogP) is 1.79. The molecule has 0 amide bonds. The number of nitrogens with one attached hydrogen (secondary N) is 1. The summed E-state index contributed by atoms with van der Waals surface area (Å²) in [6.45, 7) is 1.68. The van der Waals surface area contributed by atoms with E-state index in [1.54, 1.807) is 0 Å². The summed E-state index contributed by atoms with van der Waals surface area (Å²) in [6.07, 6.45) is 11.3. The fourth-order valence-electron chi connectivity index (χ4n) is 5.27. The summed E-state index contributed by atoms with van der Waals surface area (Å²) in [4.78, 5) is 0. The van der Waals surface area contributed by atoms with E-state index in [2.05, 4.69) is 16.6 Å². The van der Waals surface area contributed by atoms with Crippen LogP contribution in [0.3, 0.4) is 0 Å². The van der Waals surface area contributed by atoms with Crippen molar-refractivity contribution in [2.75, 3.05) is 6.61 Å². The van der Waals surface area contributed by atoms with E-state index in [1.165, 1.54) is 37.7 Å². The molecule has 5 atom stereocenters. The van der Waals surface area contributed by atoms with Crippen LogP contribution in [0.4, 0.5) is 0 Å². The van der Waals surface area contributed by atoms with Gasteiger partial charge in [0, 0.05) is 24.3 Å². The van der Waals surface area contributed by atoms with Gasteiger partial charge >= 0.3 is 0 Å². The average molecular weight is 275 g/mol. The molecule has 5 unspecified atom stereocenters. The highest BCUT2D eigenvalue weighted by molar-refractivity contribution is 5.08. The first-order chi connectivity index (χ1) is 9.85. The fraction of sp³-hybridized carbons (Fsp3) is 0.812. The van der Waals surface area contributed by atoms with Crippen LogP contribution in [0.2, 0.25) is 0 Å². The molecule has 4 heteroatoms. The van der Waals surface area contributed by atoms with Crippen LogP contribution in [-0.4, -0.2) is 27.5 Å². The van der Waals surface area contributed by atoms with E-state index in [4.69, 9.17) is 5.11 Å². The summed E-state index contributed by atoms with van der Waals surface area (Å²) in [5.74, 6) is 4.07. The van der Waals surface area contributed by atoms with Gasteiger partial charge in [-0.15, -0.1) is 0 Å². The largest absolute Gasteiger partial charge is 0.394 e. The van der Waals surface area contributed by atoms with Gasteiger partial charge in [-0.25, -0.2) is 0 Å². The molecule has 1 aromatic heterocycles. The van der Waals surface area contributed by atoms with Crippen molar-refractivity contribution in [3.8, 4) is 0 Å². The first kappa shape index (κ1) is 12.8. The maximum absolute atomic E-state index is 8.91. The summed E-state index contributed by atoms with van der Waals surface area (Å²) in [7, 11) is 0. The second-order valence-electron chi connectivity index (χ2n) is 6.98. The van der Waals surface area contributed by atoms with Gasteiger partial charge in [0.1, 0.15) is 0 Å². The molecule has 2 bridgehead atoms. The minimum atomic E-state index is 0.157. The van der Waals surface area contributed by atoms with Gasteiger partial charge in [-0.2, -0.15) is 5.10 Å². The van der Waals surface area contributed by atoms with E-state index in [1.807, 2.05) is 10.9 Å². The molecule has 1 heterocycles. The zero-order valence-corrected chi connectivity index (χ0v) is 12.0. The molecule has 0 aliphatic heterocycles. The van der Waals surface area contributed by atoms with Crippen LogP contribution in [0.15, 0.2) is 12.4 Å². The van der Waals surface area contributed by atoms with Gasteiger partial charge in [-0.1, -0.05) is 6.42 Å². The lowest BCUT2D eigenvalue weighted by Gasteiger charge is -2.32. The van der Waals surface area contributed by atoms with E-state index < -0.39 is 0 Å². The molecular weight excluding hydrogens is 250 g/mol. The van der Waals surface area contributed by atoms with Crippen molar-refractivity contribution in [2.45, 2.75) is 51.2 Å². The van der Waals surface area contributed by atoms with E-state index in [9.17, 15) is 0 Å². The number of rotatable bonds is 5. The topological polar surface area (TPSA) is 50.1 Å². The minimum Gasteiger partial charge on any atom is -0.394 e. The number of aromatic nitrogens is 2. The van der Waals surface area contributed by atoms with Gasteiger partial charge in [0.05, 0.1) is 19.3 Å². The molecule has 0 aromatic carbocycles. The van der Waals surface area contributed by atoms with Crippen molar-refractivity contribution < 1.29 is 5.11 Å². The average Bonchev–Trinajstić information content (AvgIpc) is 3.18. The first-order valence-electron chi connectivity index (χ1n) is 8.20. The van der Waals surface area contributed by atoms with Crippen LogP contribution in [0, 0.1) is 23.7 Å². The van der Waals surface area contributed by atoms with Crippen molar-refractivity contribution in [1.82, 2.24) is 15.1 Å². The molecule has 4 nitrogen and oxygen atoms in total. The maximum atomic E-state index is 8.91. The Morgan fingerprint density at radius 3 is 3.05 bits per heavy atom. The Morgan fingerprint density at radius 1 is 1.25 bits per heavy atom. The number of hydrogen-bond donors (Lipinski definition) is 2. The van der Waals surface area contributed by atoms with E-state index >= 15 is 0 Å². The van der Waals surface area contributed by atoms with Gasteiger partial charge in [-0.05, 0) is 49.4 Å². The smallest absolute Gasteiger partial charge is 0.0640 e. The molecule has 3 aliphatic rings. The minimum absolute atomic E-state index is 0.157. The predicted molar refractivity (Wildman–Crippen MR) is 77.0 cm³/mol. The summed E-state index contributed by atoms with van der Waals surface area (Å²) in [6, 6.07) is 0.737. The number of hydrogen-bond acceptors (Lipinski definition) is 3. The molecule has 20 heavy (non-hydrogen) atoms. The van der Waals surface area contributed by atoms with Crippen LogP contribution in [0.5, 0.6) is 0 Å². The zero-order valence-electron chi connectivity index (χ0n) is 12.0. The van der Waals surface area contributed by atoms with Crippen LogP contribution in [0.1, 0.15) is 37.7 Å². The van der Waals surface area contributed by atoms with Crippen molar-refractivity contribution in [3.05, 3.63) is 18.0 Å². The molecule has 3 aliphatic carbocycles. The second-order valence-corrected chi connectivity index (χ2v) is 6.98. The SMILES string of the molecule is OCCn1cc(CNC2CC3CC2C2CCCC32)cn1. The lowest BCUT2D eigenvalue weighted by Crippen LogP contribution is -2.38. The molecule has 0 spiro atoms. The van der Waals surface area contributed by atoms with Gasteiger partial charge in [0.2, 0.25) is 0 Å². The molecule has 1 aromatic rings. The third-order valence-electron chi connectivity index (χ3n) is 6.01. The maximum Gasteiger partial charge on any atom is 0.0640 e. The number of nitrogens with zero attached hydrogens (tertiary/aromatic N) is 2. The van der Waals surface area contributed by atoms with Crippen molar-refractivity contribution in [1.29, 1.82) is 0 Å². The molecule has 3 fully saturated rings. The zero-order chi connectivity index (χ0) is 13.5. The van der Waals surface area contributed by atoms with Crippen LogP contribution in [-0.2, 0) is 13.1 Å². The highest BCUT2D eigenvalue weighted by atomic mass is 16.3. The Kier molecular flexibility index (Phi) is 3.31. The first-order valence-corrected chi connectivity index (χ1v) is 8.20. The van der Waals surface area contributed by atoms with Gasteiger partial charge in [-0.3, -0.25) is 4.68 Å². The van der Waals surface area contributed by atoms with Crippen LogP contribution >= 0.6 is 0 Å². The summed E-state index contributed by atoms with van der Waals surface area (Å²) in [5, 5.41) is 17.0. The second kappa shape index (κ2) is 5.15. The quantitative estimate of drug-likeness (QED) is 0.861. The fourth-order valence-corrected chi connectivity index (χ4v) is 5.27. The number of fused-ring (bicyclic) bond motifs is 5. The highest BCUT2D eigenvalue weighted by Gasteiger charge is 2.53. The van der Waals surface area contributed by atoms with E-state index in [-0.39, 0.29) is 6.61 Å². The molecule has 3 saturated carbocycles. The van der Waals surface area contributed by atoms with Crippen molar-refractivity contribution in [3.63, 3.8) is 0 Å². The molecule has 2 N–H and O–H groups in total. The van der Waals surface area contributed by atoms with Crippen LogP contribution in [0.25, 0.3) is 0 Å². The monoisotopic (exact) mass is 275 g/mol. The summed E-state index contributed by atoms with van der Waals surface area (Å²) in [5.41, 5.74) is 1.24. The Bertz CT molecular complexity index is 472. The van der Waals surface area contributed by atoms with Gasteiger partial charge in [0.25, 0.3) is 0 Å². The normalized spacial score (nSPS) is 38.5. The Hall–Kier alpha value is -0.870. The molecular formula is C16H25N3O. The highest BCUT2D eigenvalue weighted by Crippen LogP contribution is 2.58. The number of aliphatic hydroxyl groups is 1. The molecule has 0 saturated heterocycles. The molecule has 4 rings (SSSR count). The molecule has 0 radical (unpaired) electrons. The number of aliphatic hydroxyl groups excluding tert-OH is 1. The van der Waals surface area contributed by atoms with Crippen molar-refractivity contribution >= 4 is 0 Å². The Morgan fingerprint density at radius 2 is 2.15 bits per heavy atom. The van der Waals surface area contributed by atoms with Crippen LogP contribution < -0.4 is 5.32 Å². The van der Waals surface area contributed by atoms with Gasteiger partial charge < -0.3 is 10.4 Å². The van der Waals surface area contributed by atoms with E-state index in [0.29, 0.717) is 6.54 Å². The lowest BCUT2D eigenvalue weighted by atomic mass is 9.79.